The molecule has 11 heteroatoms. The van der Waals surface area contributed by atoms with Crippen molar-refractivity contribution in [3.63, 3.8) is 0 Å². The summed E-state index contributed by atoms with van der Waals surface area (Å²) in [5, 5.41) is 10.8. The third-order valence-corrected chi connectivity index (χ3v) is 4.17. The van der Waals surface area contributed by atoms with Crippen LogP contribution in [0.4, 0.5) is 25.1 Å². The lowest BCUT2D eigenvalue weighted by atomic mass is 10.1. The first kappa shape index (κ1) is 18.6. The highest BCUT2D eigenvalue weighted by Gasteiger charge is 2.30. The number of anilines is 2. The topological polar surface area (TPSA) is 118 Å². The van der Waals surface area contributed by atoms with Crippen molar-refractivity contribution >= 4 is 22.8 Å². The Balaban J connectivity index is 1.45. The summed E-state index contributed by atoms with van der Waals surface area (Å²) in [6.45, 7) is 0.362. The zero-order valence-electron chi connectivity index (χ0n) is 14.9. The number of pyridine rings is 1. The number of aromatic amines is 1. The van der Waals surface area contributed by atoms with Crippen LogP contribution in [-0.4, -0.2) is 36.7 Å². The van der Waals surface area contributed by atoms with E-state index in [0.29, 0.717) is 24.5 Å². The number of benzene rings is 1. The van der Waals surface area contributed by atoms with Crippen LogP contribution in [0, 0.1) is 0 Å². The third kappa shape index (κ3) is 4.23. The molecule has 29 heavy (non-hydrogen) atoms. The number of alkyl halides is 3. The standard InChI is InChI=1S/C18H15F3N8/c19-18(20,21)12-3-4-13(24-9-12)5-6-23-17-27-15(26-16(22)28-17)10-1-2-11-8-25-29-14(11)7-10/h1-4,7-9H,5-6H2,(H,25,29)(H3,22,23,26,27,28). The Hall–Kier alpha value is -3.76. The summed E-state index contributed by atoms with van der Waals surface area (Å²) >= 11 is 0. The second-order valence-corrected chi connectivity index (χ2v) is 6.23. The van der Waals surface area contributed by atoms with Gasteiger partial charge in [-0.2, -0.15) is 33.2 Å². The molecule has 0 amide bonds. The van der Waals surface area contributed by atoms with Crippen molar-refractivity contribution in [2.75, 3.05) is 17.6 Å². The molecule has 0 saturated carbocycles. The molecule has 0 bridgehead atoms. The fourth-order valence-corrected chi connectivity index (χ4v) is 2.72. The fraction of sp³-hybridized carbons (Fsp3) is 0.167. The number of fused-ring (bicyclic) bond motifs is 1. The van der Waals surface area contributed by atoms with Crippen molar-refractivity contribution in [2.24, 2.45) is 0 Å². The lowest BCUT2D eigenvalue weighted by Crippen LogP contribution is -2.12. The monoisotopic (exact) mass is 400 g/mol. The molecule has 3 heterocycles. The quantitative estimate of drug-likeness (QED) is 0.471. The van der Waals surface area contributed by atoms with Crippen LogP contribution in [0.25, 0.3) is 22.3 Å². The van der Waals surface area contributed by atoms with E-state index in [0.717, 1.165) is 28.7 Å². The Bertz CT molecular complexity index is 1140. The van der Waals surface area contributed by atoms with E-state index in [2.05, 4.69) is 35.5 Å². The maximum absolute atomic E-state index is 12.6. The molecule has 0 radical (unpaired) electrons. The van der Waals surface area contributed by atoms with Gasteiger partial charge in [0.25, 0.3) is 0 Å². The second kappa shape index (κ2) is 7.34. The Morgan fingerprint density at radius 3 is 2.66 bits per heavy atom. The fourth-order valence-electron chi connectivity index (χ4n) is 2.72. The van der Waals surface area contributed by atoms with E-state index in [-0.39, 0.29) is 11.9 Å². The van der Waals surface area contributed by atoms with Gasteiger partial charge in [-0.25, -0.2) is 0 Å². The molecular formula is C18H15F3N8. The van der Waals surface area contributed by atoms with Crippen LogP contribution < -0.4 is 11.1 Å². The maximum Gasteiger partial charge on any atom is 0.417 e. The minimum atomic E-state index is -4.40. The lowest BCUT2D eigenvalue weighted by Gasteiger charge is -2.09. The third-order valence-electron chi connectivity index (χ3n) is 4.17. The number of nitrogen functional groups attached to an aromatic ring is 1. The molecule has 4 aromatic rings. The Kier molecular flexibility index (Phi) is 4.71. The first-order valence-electron chi connectivity index (χ1n) is 8.59. The van der Waals surface area contributed by atoms with Crippen LogP contribution in [0.15, 0.2) is 42.7 Å². The summed E-state index contributed by atoms with van der Waals surface area (Å²) < 4.78 is 37.8. The largest absolute Gasteiger partial charge is 0.417 e. The van der Waals surface area contributed by atoms with Gasteiger partial charge >= 0.3 is 6.18 Å². The second-order valence-electron chi connectivity index (χ2n) is 6.23. The summed E-state index contributed by atoms with van der Waals surface area (Å²) in [7, 11) is 0. The molecule has 4 N–H and O–H groups in total. The molecule has 3 aromatic heterocycles. The van der Waals surface area contributed by atoms with Crippen molar-refractivity contribution in [1.29, 1.82) is 0 Å². The molecule has 0 unspecified atom stereocenters. The predicted molar refractivity (Wildman–Crippen MR) is 101 cm³/mol. The molecule has 0 fully saturated rings. The van der Waals surface area contributed by atoms with Crippen LogP contribution in [0.5, 0.6) is 0 Å². The number of aromatic nitrogens is 6. The van der Waals surface area contributed by atoms with Gasteiger partial charge in [-0.1, -0.05) is 12.1 Å². The van der Waals surface area contributed by atoms with E-state index < -0.39 is 11.7 Å². The SMILES string of the molecule is Nc1nc(NCCc2ccc(C(F)(F)F)cn2)nc(-c2ccc3cn[nH]c3c2)n1. The molecule has 0 aliphatic carbocycles. The van der Waals surface area contributed by atoms with E-state index in [9.17, 15) is 13.2 Å². The highest BCUT2D eigenvalue weighted by Crippen LogP contribution is 2.28. The van der Waals surface area contributed by atoms with Crippen molar-refractivity contribution in [3.05, 3.63) is 54.0 Å². The minimum Gasteiger partial charge on any atom is -0.368 e. The van der Waals surface area contributed by atoms with Gasteiger partial charge < -0.3 is 11.1 Å². The molecule has 0 saturated heterocycles. The van der Waals surface area contributed by atoms with Crippen molar-refractivity contribution < 1.29 is 13.2 Å². The molecule has 4 rings (SSSR count). The number of rotatable bonds is 5. The molecule has 0 spiro atoms. The van der Waals surface area contributed by atoms with Gasteiger partial charge in [0.2, 0.25) is 11.9 Å². The lowest BCUT2D eigenvalue weighted by molar-refractivity contribution is -0.137. The average molecular weight is 400 g/mol. The number of nitrogens with zero attached hydrogens (tertiary/aromatic N) is 5. The van der Waals surface area contributed by atoms with Gasteiger partial charge in [0, 0.05) is 35.8 Å². The first-order chi connectivity index (χ1) is 13.9. The Labute approximate surface area is 162 Å². The summed E-state index contributed by atoms with van der Waals surface area (Å²) in [4.78, 5) is 16.4. The highest BCUT2D eigenvalue weighted by atomic mass is 19.4. The molecule has 0 atom stereocenters. The zero-order chi connectivity index (χ0) is 20.4. The maximum atomic E-state index is 12.6. The molecular weight excluding hydrogens is 385 g/mol. The average Bonchev–Trinajstić information content (AvgIpc) is 3.15. The zero-order valence-corrected chi connectivity index (χ0v) is 14.9. The van der Waals surface area contributed by atoms with Crippen LogP contribution in [0.1, 0.15) is 11.3 Å². The van der Waals surface area contributed by atoms with Gasteiger partial charge in [-0.15, -0.1) is 0 Å². The number of halogens is 3. The summed E-state index contributed by atoms with van der Waals surface area (Å²) in [6, 6.07) is 7.94. The van der Waals surface area contributed by atoms with Gasteiger partial charge in [-0.3, -0.25) is 10.1 Å². The minimum absolute atomic E-state index is 0.0508. The first-order valence-corrected chi connectivity index (χ1v) is 8.59. The van der Waals surface area contributed by atoms with Gasteiger partial charge in [-0.05, 0) is 18.2 Å². The van der Waals surface area contributed by atoms with Gasteiger partial charge in [0.1, 0.15) is 0 Å². The van der Waals surface area contributed by atoms with Crippen LogP contribution in [-0.2, 0) is 12.6 Å². The van der Waals surface area contributed by atoms with Crippen LogP contribution >= 0.6 is 0 Å². The van der Waals surface area contributed by atoms with Crippen molar-refractivity contribution in [1.82, 2.24) is 30.1 Å². The van der Waals surface area contributed by atoms with E-state index in [1.54, 1.807) is 6.20 Å². The van der Waals surface area contributed by atoms with E-state index in [4.69, 9.17) is 5.73 Å². The molecule has 0 aliphatic heterocycles. The van der Waals surface area contributed by atoms with Gasteiger partial charge in [0.15, 0.2) is 5.82 Å². The van der Waals surface area contributed by atoms with E-state index in [1.807, 2.05) is 18.2 Å². The van der Waals surface area contributed by atoms with E-state index in [1.165, 1.54) is 6.07 Å². The molecule has 148 valence electrons. The van der Waals surface area contributed by atoms with E-state index >= 15 is 0 Å². The summed E-state index contributed by atoms with van der Waals surface area (Å²) in [6.07, 6.45) is -1.48. The number of nitrogens with one attached hydrogen (secondary N) is 2. The highest BCUT2D eigenvalue weighted by molar-refractivity contribution is 5.82. The number of hydrogen-bond donors (Lipinski definition) is 3. The molecule has 1 aromatic carbocycles. The van der Waals surface area contributed by atoms with Crippen LogP contribution in [0.2, 0.25) is 0 Å². The summed E-state index contributed by atoms with van der Waals surface area (Å²) in [5.74, 6) is 0.711. The van der Waals surface area contributed by atoms with Crippen LogP contribution in [0.3, 0.4) is 0 Å². The normalized spacial score (nSPS) is 11.7. The summed E-state index contributed by atoms with van der Waals surface area (Å²) in [5.41, 5.74) is 7.10. The predicted octanol–water partition coefficient (Wildman–Crippen LogP) is 3.07. The number of H-pyrrole nitrogens is 1. The number of hydrogen-bond acceptors (Lipinski definition) is 7. The Morgan fingerprint density at radius 1 is 1.03 bits per heavy atom. The number of nitrogens with two attached hydrogens (primary N) is 1. The Morgan fingerprint density at radius 2 is 1.90 bits per heavy atom. The van der Waals surface area contributed by atoms with Crippen molar-refractivity contribution in [2.45, 2.75) is 12.6 Å². The molecule has 8 nitrogen and oxygen atoms in total. The van der Waals surface area contributed by atoms with Crippen molar-refractivity contribution in [3.8, 4) is 11.4 Å². The smallest absolute Gasteiger partial charge is 0.368 e. The van der Waals surface area contributed by atoms with Gasteiger partial charge in [0.05, 0.1) is 17.3 Å². The molecule has 0 aliphatic rings.